The average molecular weight is 426 g/mol. The van der Waals surface area contributed by atoms with E-state index < -0.39 is 0 Å². The second kappa shape index (κ2) is 9.55. The summed E-state index contributed by atoms with van der Waals surface area (Å²) in [4.78, 5) is 30.9. The molecule has 30 heavy (non-hydrogen) atoms. The number of aryl methyl sites for hydroxylation is 1. The van der Waals surface area contributed by atoms with Crippen LogP contribution in [0.4, 0.5) is 5.69 Å². The number of benzene rings is 1. The molecule has 1 N–H and O–H groups in total. The molecule has 0 radical (unpaired) electrons. The van der Waals surface area contributed by atoms with Crippen molar-refractivity contribution in [2.24, 2.45) is 0 Å². The lowest BCUT2D eigenvalue weighted by molar-refractivity contribution is -0.136. The largest absolute Gasteiger partial charge is 0.379 e. The minimum Gasteiger partial charge on any atom is -0.379 e. The molecule has 0 saturated carbocycles. The Kier molecular flexibility index (Phi) is 6.62. The van der Waals surface area contributed by atoms with Crippen LogP contribution in [0, 0.1) is 0 Å². The van der Waals surface area contributed by atoms with Crippen LogP contribution in [0.3, 0.4) is 0 Å². The Morgan fingerprint density at radius 3 is 2.47 bits per heavy atom. The molecular weight excluding hydrogens is 398 g/mol. The predicted octanol–water partition coefficient (Wildman–Crippen LogP) is 3.22. The molecule has 1 aromatic carbocycles. The van der Waals surface area contributed by atoms with E-state index in [1.807, 2.05) is 41.8 Å². The van der Waals surface area contributed by atoms with Gasteiger partial charge in [-0.05, 0) is 42.0 Å². The Morgan fingerprint density at radius 1 is 1.03 bits per heavy atom. The van der Waals surface area contributed by atoms with Gasteiger partial charge in [-0.15, -0.1) is 11.3 Å². The number of morpholine rings is 1. The molecule has 2 amide bonds. The van der Waals surface area contributed by atoms with Crippen molar-refractivity contribution in [2.45, 2.75) is 19.8 Å². The van der Waals surface area contributed by atoms with Crippen LogP contribution in [-0.2, 0) is 20.7 Å². The van der Waals surface area contributed by atoms with Crippen molar-refractivity contribution in [3.63, 3.8) is 0 Å². The zero-order valence-electron chi connectivity index (χ0n) is 17.2. The molecule has 1 saturated heterocycles. The van der Waals surface area contributed by atoms with Crippen molar-refractivity contribution in [3.05, 3.63) is 57.9 Å². The topological polar surface area (TPSA) is 61.9 Å². The van der Waals surface area contributed by atoms with Crippen LogP contribution in [0.2, 0.25) is 0 Å². The van der Waals surface area contributed by atoms with E-state index in [9.17, 15) is 9.59 Å². The Labute approximate surface area is 181 Å². The highest BCUT2D eigenvalue weighted by Crippen LogP contribution is 2.33. The van der Waals surface area contributed by atoms with Gasteiger partial charge in [-0.3, -0.25) is 19.4 Å². The summed E-state index contributed by atoms with van der Waals surface area (Å²) in [7, 11) is 0. The van der Waals surface area contributed by atoms with Gasteiger partial charge in [0.25, 0.3) is 11.8 Å². The molecule has 6 nitrogen and oxygen atoms in total. The molecule has 0 atom stereocenters. The molecule has 3 heterocycles. The predicted molar refractivity (Wildman–Crippen MR) is 119 cm³/mol. The zero-order chi connectivity index (χ0) is 20.9. The van der Waals surface area contributed by atoms with Crippen LogP contribution in [0.5, 0.6) is 0 Å². The van der Waals surface area contributed by atoms with Crippen LogP contribution in [0.15, 0.2) is 47.5 Å². The van der Waals surface area contributed by atoms with Crippen molar-refractivity contribution in [1.29, 1.82) is 0 Å². The molecule has 1 fully saturated rings. The number of carbonyl (C=O) groups excluding carboxylic acids is 2. The van der Waals surface area contributed by atoms with Gasteiger partial charge < -0.3 is 10.1 Å². The Balaban J connectivity index is 1.50. The van der Waals surface area contributed by atoms with E-state index in [1.165, 1.54) is 21.8 Å². The van der Waals surface area contributed by atoms with Crippen molar-refractivity contribution in [3.8, 4) is 0 Å². The van der Waals surface area contributed by atoms with Gasteiger partial charge in [0.2, 0.25) is 0 Å². The fourth-order valence-corrected chi connectivity index (χ4v) is 4.56. The van der Waals surface area contributed by atoms with Gasteiger partial charge in [0.15, 0.2) is 0 Å². The van der Waals surface area contributed by atoms with Gasteiger partial charge in [-0.1, -0.05) is 25.1 Å². The lowest BCUT2D eigenvalue weighted by Crippen LogP contribution is -2.39. The molecule has 0 spiro atoms. The first-order chi connectivity index (χ1) is 14.7. The molecule has 0 aliphatic carbocycles. The third-order valence-corrected chi connectivity index (χ3v) is 6.41. The fourth-order valence-electron chi connectivity index (χ4n) is 3.79. The Morgan fingerprint density at radius 2 is 1.80 bits per heavy atom. The van der Waals surface area contributed by atoms with E-state index in [2.05, 4.69) is 17.1 Å². The zero-order valence-corrected chi connectivity index (χ0v) is 18.0. The van der Waals surface area contributed by atoms with Crippen LogP contribution >= 0.6 is 11.3 Å². The number of carbonyl (C=O) groups is 2. The van der Waals surface area contributed by atoms with Crippen molar-refractivity contribution < 1.29 is 14.3 Å². The maximum Gasteiger partial charge on any atom is 0.278 e. The second-order valence-electron chi connectivity index (χ2n) is 7.47. The van der Waals surface area contributed by atoms with Gasteiger partial charge in [0.05, 0.1) is 18.8 Å². The van der Waals surface area contributed by atoms with E-state index in [1.54, 1.807) is 0 Å². The molecule has 2 aliphatic heterocycles. The van der Waals surface area contributed by atoms with E-state index in [4.69, 9.17) is 4.74 Å². The number of rotatable bonds is 8. The number of hydrogen-bond acceptors (Lipinski definition) is 6. The normalized spacial score (nSPS) is 17.8. The molecule has 2 aromatic rings. The Bertz CT molecular complexity index is 916. The second-order valence-corrected chi connectivity index (χ2v) is 8.42. The number of hydrogen-bond donors (Lipinski definition) is 1. The van der Waals surface area contributed by atoms with Crippen molar-refractivity contribution >= 4 is 34.4 Å². The monoisotopic (exact) mass is 425 g/mol. The summed E-state index contributed by atoms with van der Waals surface area (Å²) in [6.45, 7) is 6.68. The first-order valence-electron chi connectivity index (χ1n) is 10.5. The smallest absolute Gasteiger partial charge is 0.278 e. The minimum atomic E-state index is -0.245. The number of amides is 2. The summed E-state index contributed by atoms with van der Waals surface area (Å²) >= 11 is 1.48. The number of anilines is 1. The summed E-state index contributed by atoms with van der Waals surface area (Å²) in [5.41, 5.74) is 2.89. The lowest BCUT2D eigenvalue weighted by Gasteiger charge is -2.27. The standard InChI is InChI=1S/C23H27N3O3S/c1-2-17-6-8-18(9-7-17)24-21-20(19-5-3-16-30-19)22(27)26(23(21)28)11-4-10-25-12-14-29-15-13-25/h3,5-9,16,24H,2,4,10-15H2,1H3. The highest BCUT2D eigenvalue weighted by atomic mass is 32.1. The fraction of sp³-hybridized carbons (Fsp3) is 0.391. The van der Waals surface area contributed by atoms with E-state index in [0.29, 0.717) is 17.8 Å². The quantitative estimate of drug-likeness (QED) is 0.658. The van der Waals surface area contributed by atoms with Crippen molar-refractivity contribution in [1.82, 2.24) is 9.80 Å². The third kappa shape index (κ3) is 4.48. The first-order valence-corrected chi connectivity index (χ1v) is 11.4. The molecule has 1 aromatic heterocycles. The molecule has 7 heteroatoms. The van der Waals surface area contributed by atoms with Crippen LogP contribution in [0.1, 0.15) is 23.8 Å². The number of ether oxygens (including phenoxy) is 1. The first kappa shape index (κ1) is 20.8. The van der Waals surface area contributed by atoms with Crippen LogP contribution in [0.25, 0.3) is 5.57 Å². The third-order valence-electron chi connectivity index (χ3n) is 5.53. The average Bonchev–Trinajstić information content (AvgIpc) is 3.38. The van der Waals surface area contributed by atoms with Gasteiger partial charge in [0, 0.05) is 36.7 Å². The van der Waals surface area contributed by atoms with E-state index in [-0.39, 0.29) is 11.8 Å². The maximum atomic E-state index is 13.2. The van der Waals surface area contributed by atoms with Crippen LogP contribution < -0.4 is 5.32 Å². The summed E-state index contributed by atoms with van der Waals surface area (Å²) in [5, 5.41) is 5.15. The number of imide groups is 1. The van der Waals surface area contributed by atoms with E-state index >= 15 is 0 Å². The van der Waals surface area contributed by atoms with Gasteiger partial charge in [0.1, 0.15) is 5.70 Å². The lowest BCUT2D eigenvalue weighted by atomic mass is 10.1. The molecule has 4 rings (SSSR count). The molecular formula is C23H27N3O3S. The summed E-state index contributed by atoms with van der Waals surface area (Å²) < 4.78 is 5.38. The highest BCUT2D eigenvalue weighted by molar-refractivity contribution is 7.11. The SMILES string of the molecule is CCc1ccc(NC2=C(c3cccs3)C(=O)N(CCCN3CCOCC3)C2=O)cc1. The highest BCUT2D eigenvalue weighted by Gasteiger charge is 2.39. The van der Waals surface area contributed by atoms with Crippen LogP contribution in [-0.4, -0.2) is 61.0 Å². The maximum absolute atomic E-state index is 13.2. The van der Waals surface area contributed by atoms with Gasteiger partial charge in [-0.25, -0.2) is 0 Å². The molecule has 2 aliphatic rings. The van der Waals surface area contributed by atoms with Gasteiger partial charge >= 0.3 is 0 Å². The molecule has 0 unspecified atom stereocenters. The van der Waals surface area contributed by atoms with Crippen molar-refractivity contribution in [2.75, 3.05) is 44.7 Å². The Hall–Kier alpha value is -2.48. The minimum absolute atomic E-state index is 0.211. The van der Waals surface area contributed by atoms with E-state index in [0.717, 1.165) is 56.3 Å². The summed E-state index contributed by atoms with van der Waals surface area (Å²) in [6, 6.07) is 11.8. The number of nitrogens with one attached hydrogen (secondary N) is 1. The number of thiophene rings is 1. The molecule has 158 valence electrons. The summed E-state index contributed by atoms with van der Waals surface area (Å²) in [6.07, 6.45) is 1.71. The summed E-state index contributed by atoms with van der Waals surface area (Å²) in [5.74, 6) is -0.456. The van der Waals surface area contributed by atoms with Gasteiger partial charge in [-0.2, -0.15) is 0 Å². The molecule has 0 bridgehead atoms. The number of nitrogens with zero attached hydrogens (tertiary/aromatic N) is 2.